The second-order valence-electron chi connectivity index (χ2n) is 3.03. The fourth-order valence-corrected chi connectivity index (χ4v) is 0.496. The molecule has 0 aliphatic carbocycles. The van der Waals surface area contributed by atoms with Crippen molar-refractivity contribution < 1.29 is 23.1 Å². The van der Waals surface area contributed by atoms with E-state index >= 15 is 0 Å². The second kappa shape index (κ2) is 3.95. The Morgan fingerprint density at radius 1 is 1.46 bits per heavy atom. The van der Waals surface area contributed by atoms with Gasteiger partial charge in [-0.15, -0.1) is 0 Å². The summed E-state index contributed by atoms with van der Waals surface area (Å²) in [6.07, 6.45) is -4.62. The summed E-state index contributed by atoms with van der Waals surface area (Å²) in [4.78, 5) is 10.3. The lowest BCUT2D eigenvalue weighted by molar-refractivity contribution is -0.174. The molecular weight excluding hydrogens is 187 g/mol. The fourth-order valence-electron chi connectivity index (χ4n) is 0.496. The van der Waals surface area contributed by atoms with Gasteiger partial charge in [0.05, 0.1) is 5.60 Å². The summed E-state index contributed by atoms with van der Waals surface area (Å²) in [6, 6.07) is 0. The number of carbonyl (C=O) groups is 1. The summed E-state index contributed by atoms with van der Waals surface area (Å²) in [6.45, 7) is 2.56. The van der Waals surface area contributed by atoms with Crippen LogP contribution < -0.4 is 5.32 Å². The van der Waals surface area contributed by atoms with Gasteiger partial charge < -0.3 is 10.4 Å². The summed E-state index contributed by atoms with van der Waals surface area (Å²) in [5.41, 5.74) is -1.29. The molecule has 0 aromatic carbocycles. The first-order chi connectivity index (χ1) is 5.69. The maximum Gasteiger partial charge on any atom is 0.471 e. The number of halogens is 3. The van der Waals surface area contributed by atoms with Gasteiger partial charge in [-0.1, -0.05) is 6.92 Å². The van der Waals surface area contributed by atoms with Crippen LogP contribution >= 0.6 is 0 Å². The molecule has 0 aliphatic heterocycles. The molecule has 0 bridgehead atoms. The van der Waals surface area contributed by atoms with Gasteiger partial charge in [0.15, 0.2) is 0 Å². The number of amides is 1. The maximum atomic E-state index is 11.6. The molecule has 0 heterocycles. The zero-order chi connectivity index (χ0) is 10.7. The molecule has 0 saturated carbocycles. The smallest absolute Gasteiger partial charge is 0.388 e. The topological polar surface area (TPSA) is 49.3 Å². The Morgan fingerprint density at radius 3 is 2.23 bits per heavy atom. The molecule has 1 amide bonds. The Bertz CT molecular complexity index is 189. The molecule has 1 atom stereocenters. The number of hydrogen-bond acceptors (Lipinski definition) is 2. The Balaban J connectivity index is 3.98. The van der Waals surface area contributed by atoms with Crippen LogP contribution in [0.2, 0.25) is 0 Å². The van der Waals surface area contributed by atoms with Crippen molar-refractivity contribution >= 4 is 5.91 Å². The van der Waals surface area contributed by atoms with Gasteiger partial charge in [-0.2, -0.15) is 13.2 Å². The van der Waals surface area contributed by atoms with E-state index in [-0.39, 0.29) is 6.42 Å². The van der Waals surface area contributed by atoms with E-state index in [0.717, 1.165) is 0 Å². The predicted molar refractivity (Wildman–Crippen MR) is 40.0 cm³/mol. The minimum atomic E-state index is -4.89. The monoisotopic (exact) mass is 199 g/mol. The molecule has 0 spiro atoms. The summed E-state index contributed by atoms with van der Waals surface area (Å²) in [7, 11) is 0. The first-order valence-corrected chi connectivity index (χ1v) is 3.76. The average Bonchev–Trinajstić information content (AvgIpc) is 1.98. The van der Waals surface area contributed by atoms with Crippen molar-refractivity contribution in [1.82, 2.24) is 5.32 Å². The third-order valence-electron chi connectivity index (χ3n) is 1.65. The van der Waals surface area contributed by atoms with Crippen LogP contribution in [-0.2, 0) is 4.79 Å². The zero-order valence-corrected chi connectivity index (χ0v) is 7.40. The van der Waals surface area contributed by atoms with Gasteiger partial charge >= 0.3 is 12.1 Å². The van der Waals surface area contributed by atoms with E-state index in [1.807, 2.05) is 0 Å². The number of aliphatic hydroxyl groups is 1. The molecule has 0 saturated heterocycles. The van der Waals surface area contributed by atoms with Crippen molar-refractivity contribution in [2.75, 3.05) is 6.54 Å². The highest BCUT2D eigenvalue weighted by Gasteiger charge is 2.39. The lowest BCUT2D eigenvalue weighted by Crippen LogP contribution is -2.45. The van der Waals surface area contributed by atoms with Crippen molar-refractivity contribution in [1.29, 1.82) is 0 Å². The van der Waals surface area contributed by atoms with Crippen LogP contribution in [0, 0.1) is 0 Å². The number of carbonyl (C=O) groups excluding carboxylic acids is 1. The van der Waals surface area contributed by atoms with E-state index in [0.29, 0.717) is 0 Å². The highest BCUT2D eigenvalue weighted by atomic mass is 19.4. The van der Waals surface area contributed by atoms with Gasteiger partial charge in [0.25, 0.3) is 0 Å². The normalized spacial score (nSPS) is 16.5. The molecule has 1 unspecified atom stereocenters. The molecule has 2 N–H and O–H groups in total. The molecule has 0 radical (unpaired) electrons. The van der Waals surface area contributed by atoms with Gasteiger partial charge in [0, 0.05) is 6.54 Å². The van der Waals surface area contributed by atoms with E-state index in [4.69, 9.17) is 0 Å². The molecule has 78 valence electrons. The summed E-state index contributed by atoms with van der Waals surface area (Å²) >= 11 is 0. The van der Waals surface area contributed by atoms with E-state index in [1.165, 1.54) is 6.92 Å². The standard InChI is InChI=1S/C7H12F3NO2/c1-3-6(2,13)4-11-5(12)7(8,9)10/h13H,3-4H2,1-2H3,(H,11,12). The molecule has 0 aromatic heterocycles. The number of alkyl halides is 3. The van der Waals surface area contributed by atoms with Gasteiger partial charge in [-0.05, 0) is 13.3 Å². The Morgan fingerprint density at radius 2 is 1.92 bits per heavy atom. The molecule has 6 heteroatoms. The van der Waals surface area contributed by atoms with E-state index < -0.39 is 24.2 Å². The van der Waals surface area contributed by atoms with E-state index in [9.17, 15) is 23.1 Å². The minimum Gasteiger partial charge on any atom is -0.388 e. The molecule has 0 aliphatic rings. The van der Waals surface area contributed by atoms with Crippen molar-refractivity contribution in [3.8, 4) is 0 Å². The van der Waals surface area contributed by atoms with Gasteiger partial charge in [-0.3, -0.25) is 4.79 Å². The number of hydrogen-bond donors (Lipinski definition) is 2. The minimum absolute atomic E-state index is 0.269. The molecule has 0 fully saturated rings. The Labute approximate surface area is 73.9 Å². The number of rotatable bonds is 3. The van der Waals surface area contributed by atoms with Crippen LogP contribution in [0.3, 0.4) is 0 Å². The highest BCUT2D eigenvalue weighted by Crippen LogP contribution is 2.15. The van der Waals surface area contributed by atoms with Crippen LogP contribution in [0.15, 0.2) is 0 Å². The maximum absolute atomic E-state index is 11.6. The molecule has 3 nitrogen and oxygen atoms in total. The Hall–Kier alpha value is -0.780. The fraction of sp³-hybridized carbons (Fsp3) is 0.857. The van der Waals surface area contributed by atoms with Gasteiger partial charge in [0.1, 0.15) is 0 Å². The predicted octanol–water partition coefficient (Wildman–Crippen LogP) is 0.826. The van der Waals surface area contributed by atoms with E-state index in [1.54, 1.807) is 12.2 Å². The van der Waals surface area contributed by atoms with Crippen LogP contribution in [-0.4, -0.2) is 29.3 Å². The SMILES string of the molecule is CCC(C)(O)CNC(=O)C(F)(F)F. The zero-order valence-electron chi connectivity index (χ0n) is 7.40. The highest BCUT2D eigenvalue weighted by molar-refractivity contribution is 5.81. The first-order valence-electron chi connectivity index (χ1n) is 3.76. The third kappa shape index (κ3) is 4.72. The lowest BCUT2D eigenvalue weighted by atomic mass is 10.0. The lowest BCUT2D eigenvalue weighted by Gasteiger charge is -2.21. The number of nitrogens with one attached hydrogen (secondary N) is 1. The molecule has 13 heavy (non-hydrogen) atoms. The summed E-state index contributed by atoms with van der Waals surface area (Å²) in [5, 5.41) is 10.9. The Kier molecular flexibility index (Phi) is 3.71. The van der Waals surface area contributed by atoms with Gasteiger partial charge in [0.2, 0.25) is 0 Å². The van der Waals surface area contributed by atoms with Crippen molar-refractivity contribution in [2.24, 2.45) is 0 Å². The van der Waals surface area contributed by atoms with Crippen molar-refractivity contribution in [3.63, 3.8) is 0 Å². The average molecular weight is 199 g/mol. The second-order valence-corrected chi connectivity index (χ2v) is 3.03. The van der Waals surface area contributed by atoms with Crippen molar-refractivity contribution in [3.05, 3.63) is 0 Å². The van der Waals surface area contributed by atoms with Crippen LogP contribution in [0.5, 0.6) is 0 Å². The summed E-state index contributed by atoms with van der Waals surface area (Å²) in [5.74, 6) is -2.03. The largest absolute Gasteiger partial charge is 0.471 e. The van der Waals surface area contributed by atoms with Crippen LogP contribution in [0.25, 0.3) is 0 Å². The molecular formula is C7H12F3NO2. The van der Waals surface area contributed by atoms with Gasteiger partial charge in [-0.25, -0.2) is 0 Å². The third-order valence-corrected chi connectivity index (χ3v) is 1.65. The van der Waals surface area contributed by atoms with Crippen LogP contribution in [0.1, 0.15) is 20.3 Å². The first kappa shape index (κ1) is 12.2. The summed E-state index contributed by atoms with van der Waals surface area (Å²) < 4.78 is 34.9. The quantitative estimate of drug-likeness (QED) is 0.707. The molecule has 0 aromatic rings. The van der Waals surface area contributed by atoms with E-state index in [2.05, 4.69) is 0 Å². The van der Waals surface area contributed by atoms with Crippen molar-refractivity contribution in [2.45, 2.75) is 32.0 Å². The molecule has 0 rings (SSSR count). The van der Waals surface area contributed by atoms with Crippen LogP contribution in [0.4, 0.5) is 13.2 Å².